The average Bonchev–Trinajstić information content (AvgIpc) is 3.28. The Morgan fingerprint density at radius 3 is 1.38 bits per heavy atom. The van der Waals surface area contributed by atoms with Crippen LogP contribution in [0.4, 0.5) is 0 Å². The zero-order chi connectivity index (χ0) is 47.1. The Kier molecular flexibility index (Phi) is 36.9. The lowest BCUT2D eigenvalue weighted by molar-refractivity contribution is -0.220. The molecule has 0 saturated heterocycles. The molecule has 0 aromatic carbocycles. The zero-order valence-corrected chi connectivity index (χ0v) is 40.2. The van der Waals surface area contributed by atoms with Gasteiger partial charge in [0, 0.05) is 12.8 Å². The highest BCUT2D eigenvalue weighted by atomic mass is 31.2. The standard InChI is InChI=1S/C50H87O13P/c1-3-5-7-9-11-13-15-17-18-19-20-21-22-23-24-25-26-27-29-31-33-35-37-39-44(52)62-42(40-60-43(51)38-36-34-32-30-28-16-14-12-10-8-6-4-2)41-61-64(58,59)63-50-48(56)46(54)45(53)47(55)49(50)57/h5,7,11-14,17-18,20-21,42,45-50,53-57H,3-4,6,8-10,15-16,19,22-41H2,1-2H3,(H,58,59)/b7-5-,13-11-,14-12-,18-17-,21-20-. The van der Waals surface area contributed by atoms with Gasteiger partial charge in [-0.2, -0.15) is 0 Å². The van der Waals surface area contributed by atoms with Gasteiger partial charge in [0.05, 0.1) is 6.61 Å². The molecule has 1 rings (SSSR count). The molecule has 6 N–H and O–H groups in total. The fourth-order valence-corrected chi connectivity index (χ4v) is 8.13. The van der Waals surface area contributed by atoms with Gasteiger partial charge in [-0.25, -0.2) is 4.57 Å². The number of esters is 2. The number of carbonyl (C=O) groups is 2. The molecule has 0 amide bonds. The largest absolute Gasteiger partial charge is 0.472 e. The number of rotatable bonds is 40. The number of phosphoric acid groups is 1. The van der Waals surface area contributed by atoms with Gasteiger partial charge >= 0.3 is 19.8 Å². The van der Waals surface area contributed by atoms with Gasteiger partial charge in [-0.05, 0) is 77.0 Å². The van der Waals surface area contributed by atoms with E-state index in [1.807, 2.05) is 0 Å². The van der Waals surface area contributed by atoms with E-state index in [2.05, 4.69) is 74.6 Å². The summed E-state index contributed by atoms with van der Waals surface area (Å²) in [6.07, 6.45) is 35.6. The first-order valence-electron chi connectivity index (χ1n) is 24.6. The van der Waals surface area contributed by atoms with Crippen molar-refractivity contribution in [2.24, 2.45) is 0 Å². The van der Waals surface area contributed by atoms with Crippen LogP contribution in [0.15, 0.2) is 60.8 Å². The summed E-state index contributed by atoms with van der Waals surface area (Å²) < 4.78 is 33.6. The first-order chi connectivity index (χ1) is 30.9. The topological polar surface area (TPSA) is 210 Å². The Hall–Kier alpha value is -2.45. The van der Waals surface area contributed by atoms with Crippen LogP contribution in [0.5, 0.6) is 0 Å². The van der Waals surface area contributed by atoms with Crippen LogP contribution >= 0.6 is 7.82 Å². The lowest BCUT2D eigenvalue weighted by atomic mass is 9.85. The van der Waals surface area contributed by atoms with Gasteiger partial charge in [-0.3, -0.25) is 18.6 Å². The normalized spacial score (nSPS) is 22.1. The second kappa shape index (κ2) is 39.7. The van der Waals surface area contributed by atoms with E-state index < -0.39 is 75.7 Å². The first kappa shape index (κ1) is 59.6. The van der Waals surface area contributed by atoms with Gasteiger partial charge < -0.3 is 39.9 Å². The maximum absolute atomic E-state index is 12.8. The number of allylic oxidation sites excluding steroid dienone is 10. The molecule has 0 bridgehead atoms. The fourth-order valence-electron chi connectivity index (χ4n) is 7.16. The van der Waals surface area contributed by atoms with E-state index in [1.165, 1.54) is 51.4 Å². The third kappa shape index (κ3) is 31.5. The smallest absolute Gasteiger partial charge is 0.462 e. The van der Waals surface area contributed by atoms with Crippen LogP contribution in [0, 0.1) is 0 Å². The SMILES string of the molecule is CC/C=C\C/C=C\C/C=C\C/C=C\CCCCCCCCCCCCC(=O)OC(COC(=O)CCCCCCC/C=C\CCCCC)COP(=O)(O)OC1C(O)C(O)C(O)C(O)C1O. The van der Waals surface area contributed by atoms with Gasteiger partial charge in [0.1, 0.15) is 43.2 Å². The number of unbranched alkanes of at least 4 members (excludes halogenated alkanes) is 18. The molecule has 0 radical (unpaired) electrons. The van der Waals surface area contributed by atoms with E-state index in [1.54, 1.807) is 0 Å². The molecule has 13 nitrogen and oxygen atoms in total. The van der Waals surface area contributed by atoms with E-state index in [4.69, 9.17) is 18.5 Å². The lowest BCUT2D eigenvalue weighted by Gasteiger charge is -2.41. The zero-order valence-electron chi connectivity index (χ0n) is 39.3. The van der Waals surface area contributed by atoms with Crippen molar-refractivity contribution < 1.29 is 63.1 Å². The highest BCUT2D eigenvalue weighted by Crippen LogP contribution is 2.47. The highest BCUT2D eigenvalue weighted by molar-refractivity contribution is 7.47. The minimum absolute atomic E-state index is 0.0875. The number of aliphatic hydroxyl groups is 5. The van der Waals surface area contributed by atoms with Crippen LogP contribution in [-0.4, -0.2) is 98.3 Å². The molecule has 14 heteroatoms. The third-order valence-electron chi connectivity index (χ3n) is 11.1. The fraction of sp³-hybridized carbons (Fsp3) is 0.760. The summed E-state index contributed by atoms with van der Waals surface area (Å²) in [6, 6.07) is 0. The molecular weight excluding hydrogens is 840 g/mol. The Morgan fingerprint density at radius 2 is 0.891 bits per heavy atom. The number of phosphoric ester groups is 1. The molecule has 0 spiro atoms. The molecule has 64 heavy (non-hydrogen) atoms. The van der Waals surface area contributed by atoms with Crippen molar-refractivity contribution in [2.45, 2.75) is 230 Å². The van der Waals surface area contributed by atoms with Crippen molar-refractivity contribution >= 4 is 19.8 Å². The van der Waals surface area contributed by atoms with E-state index >= 15 is 0 Å². The van der Waals surface area contributed by atoms with Crippen LogP contribution in [-0.2, 0) is 32.7 Å². The second-order valence-corrected chi connectivity index (χ2v) is 18.3. The molecule has 1 saturated carbocycles. The molecule has 0 aliphatic heterocycles. The van der Waals surface area contributed by atoms with Gasteiger partial charge in [0.15, 0.2) is 6.10 Å². The maximum atomic E-state index is 12.8. The Balaban J connectivity index is 2.39. The number of hydrogen-bond donors (Lipinski definition) is 6. The summed E-state index contributed by atoms with van der Waals surface area (Å²) in [5.74, 6) is -1.12. The molecule has 1 aliphatic carbocycles. The van der Waals surface area contributed by atoms with E-state index in [0.717, 1.165) is 96.3 Å². The minimum Gasteiger partial charge on any atom is -0.462 e. The van der Waals surface area contributed by atoms with Crippen molar-refractivity contribution in [1.82, 2.24) is 0 Å². The lowest BCUT2D eigenvalue weighted by Crippen LogP contribution is -2.64. The van der Waals surface area contributed by atoms with Crippen molar-refractivity contribution in [2.75, 3.05) is 13.2 Å². The molecule has 0 heterocycles. The summed E-state index contributed by atoms with van der Waals surface area (Å²) in [7, 11) is -5.12. The summed E-state index contributed by atoms with van der Waals surface area (Å²) in [6.45, 7) is 3.15. The summed E-state index contributed by atoms with van der Waals surface area (Å²) >= 11 is 0. The van der Waals surface area contributed by atoms with Gasteiger partial charge in [-0.15, -0.1) is 0 Å². The molecule has 0 aromatic rings. The van der Waals surface area contributed by atoms with Crippen LogP contribution in [0.1, 0.15) is 187 Å². The maximum Gasteiger partial charge on any atom is 0.472 e. The molecule has 1 fully saturated rings. The van der Waals surface area contributed by atoms with E-state index in [9.17, 15) is 44.6 Å². The molecule has 6 atom stereocenters. The first-order valence-corrected chi connectivity index (χ1v) is 26.1. The molecule has 370 valence electrons. The minimum atomic E-state index is -5.12. The van der Waals surface area contributed by atoms with Crippen LogP contribution < -0.4 is 0 Å². The van der Waals surface area contributed by atoms with Gasteiger partial charge in [0.25, 0.3) is 0 Å². The predicted molar refractivity (Wildman–Crippen MR) is 253 cm³/mol. The van der Waals surface area contributed by atoms with Gasteiger partial charge in [-0.1, -0.05) is 158 Å². The van der Waals surface area contributed by atoms with Crippen molar-refractivity contribution in [3.8, 4) is 0 Å². The van der Waals surface area contributed by atoms with Crippen molar-refractivity contribution in [1.29, 1.82) is 0 Å². The second-order valence-electron chi connectivity index (χ2n) is 16.9. The van der Waals surface area contributed by atoms with Crippen LogP contribution in [0.25, 0.3) is 0 Å². The predicted octanol–water partition coefficient (Wildman–Crippen LogP) is 10.1. The summed E-state index contributed by atoms with van der Waals surface area (Å²) in [5, 5.41) is 50.2. The van der Waals surface area contributed by atoms with E-state index in [-0.39, 0.29) is 12.8 Å². The third-order valence-corrected chi connectivity index (χ3v) is 12.1. The number of aliphatic hydroxyl groups excluding tert-OH is 5. The van der Waals surface area contributed by atoms with Crippen molar-refractivity contribution in [3.63, 3.8) is 0 Å². The Bertz CT molecular complexity index is 1350. The number of hydrogen-bond acceptors (Lipinski definition) is 12. The molecule has 6 unspecified atom stereocenters. The van der Waals surface area contributed by atoms with Crippen molar-refractivity contribution in [3.05, 3.63) is 60.8 Å². The Labute approximate surface area is 385 Å². The Morgan fingerprint density at radius 1 is 0.500 bits per heavy atom. The highest BCUT2D eigenvalue weighted by Gasteiger charge is 2.51. The van der Waals surface area contributed by atoms with Crippen LogP contribution in [0.3, 0.4) is 0 Å². The number of ether oxygens (including phenoxy) is 2. The molecule has 1 aliphatic rings. The summed E-state index contributed by atoms with van der Waals surface area (Å²) in [4.78, 5) is 35.7. The molecule has 0 aromatic heterocycles. The van der Waals surface area contributed by atoms with Gasteiger partial charge in [0.2, 0.25) is 0 Å². The molecular formula is C50H87O13P. The van der Waals surface area contributed by atoms with E-state index in [0.29, 0.717) is 12.8 Å². The monoisotopic (exact) mass is 927 g/mol. The number of carbonyl (C=O) groups excluding carboxylic acids is 2. The average molecular weight is 927 g/mol. The summed E-state index contributed by atoms with van der Waals surface area (Å²) in [5.41, 5.74) is 0. The quantitative estimate of drug-likeness (QED) is 0.0146. The van der Waals surface area contributed by atoms with Crippen LogP contribution in [0.2, 0.25) is 0 Å².